The van der Waals surface area contributed by atoms with Crippen LogP contribution in [0.3, 0.4) is 0 Å². The molecule has 1 N–H and O–H groups in total. The Morgan fingerprint density at radius 2 is 1.93 bits per heavy atom. The maximum Gasteiger partial charge on any atom is 0.277 e. The van der Waals surface area contributed by atoms with Gasteiger partial charge in [0.15, 0.2) is 0 Å². The zero-order valence-electron chi connectivity index (χ0n) is 15.8. The zero-order chi connectivity index (χ0) is 20.9. The first-order valence-electron chi connectivity index (χ1n) is 9.23. The zero-order valence-corrected chi connectivity index (χ0v) is 17.4. The molecule has 1 saturated heterocycles. The van der Waals surface area contributed by atoms with Crippen LogP contribution in [0.15, 0.2) is 52.1 Å². The van der Waals surface area contributed by atoms with Crippen LogP contribution < -0.4 is 10.2 Å². The van der Waals surface area contributed by atoms with Gasteiger partial charge in [-0.15, -0.1) is 10.2 Å². The molecule has 4 rings (SSSR count). The molecule has 1 aromatic heterocycles. The summed E-state index contributed by atoms with van der Waals surface area (Å²) in [6.45, 7) is 2.63. The van der Waals surface area contributed by atoms with Crippen LogP contribution in [0.5, 0.6) is 0 Å². The van der Waals surface area contributed by atoms with Crippen LogP contribution in [0.4, 0.5) is 15.8 Å². The summed E-state index contributed by atoms with van der Waals surface area (Å²) in [6.07, 6.45) is 0. The Labute approximate surface area is 181 Å². The van der Waals surface area contributed by atoms with Gasteiger partial charge in [-0.1, -0.05) is 29.4 Å². The van der Waals surface area contributed by atoms with Gasteiger partial charge in [-0.25, -0.2) is 4.39 Å². The molecule has 1 aliphatic heterocycles. The van der Waals surface area contributed by atoms with Crippen LogP contribution in [0.1, 0.15) is 0 Å². The second-order valence-electron chi connectivity index (χ2n) is 6.45. The summed E-state index contributed by atoms with van der Waals surface area (Å²) in [4.78, 5) is 14.6. The second kappa shape index (κ2) is 9.46. The standard InChI is InChI=1S/C20H18ClFN4O3S/c21-15-2-1-3-16(18(15)26-8-10-28-11-9-26)23-17(27)12-30-20-25-24-19(29-20)13-4-6-14(22)7-5-13/h1-7H,8-12H2,(H,23,27). The highest BCUT2D eigenvalue weighted by Gasteiger charge is 2.19. The highest BCUT2D eigenvalue weighted by molar-refractivity contribution is 7.99. The number of hydrogen-bond donors (Lipinski definition) is 1. The number of carbonyl (C=O) groups excluding carboxylic acids is 1. The molecule has 2 heterocycles. The topological polar surface area (TPSA) is 80.5 Å². The Kier molecular flexibility index (Phi) is 6.51. The third-order valence-electron chi connectivity index (χ3n) is 4.41. The van der Waals surface area contributed by atoms with Crippen molar-refractivity contribution in [1.82, 2.24) is 10.2 Å². The van der Waals surface area contributed by atoms with Crippen molar-refractivity contribution in [1.29, 1.82) is 0 Å². The van der Waals surface area contributed by atoms with E-state index in [4.69, 9.17) is 20.8 Å². The molecule has 1 amide bonds. The monoisotopic (exact) mass is 448 g/mol. The predicted molar refractivity (Wildman–Crippen MR) is 114 cm³/mol. The number of halogens is 2. The Hall–Kier alpha value is -2.62. The molecule has 0 saturated carbocycles. The van der Waals surface area contributed by atoms with E-state index in [0.717, 1.165) is 17.4 Å². The van der Waals surface area contributed by atoms with Gasteiger partial charge in [-0.05, 0) is 36.4 Å². The first-order valence-corrected chi connectivity index (χ1v) is 10.6. The number of nitrogens with zero attached hydrogens (tertiary/aromatic N) is 3. The van der Waals surface area contributed by atoms with Crippen LogP contribution in [-0.2, 0) is 9.53 Å². The molecule has 7 nitrogen and oxygen atoms in total. The predicted octanol–water partition coefficient (Wildman–Crippen LogP) is 4.10. The number of morpholine rings is 1. The maximum absolute atomic E-state index is 13.0. The lowest BCUT2D eigenvalue weighted by atomic mass is 10.2. The van der Waals surface area contributed by atoms with Crippen molar-refractivity contribution in [3.05, 3.63) is 53.3 Å². The normalized spacial score (nSPS) is 14.0. The molecule has 2 aromatic carbocycles. The van der Waals surface area contributed by atoms with Gasteiger partial charge >= 0.3 is 0 Å². The molecule has 0 aliphatic carbocycles. The fraction of sp³-hybridized carbons (Fsp3) is 0.250. The van der Waals surface area contributed by atoms with Gasteiger partial charge < -0.3 is 19.4 Å². The van der Waals surface area contributed by atoms with Crippen LogP contribution in [0.2, 0.25) is 5.02 Å². The number of thioether (sulfide) groups is 1. The number of aromatic nitrogens is 2. The SMILES string of the molecule is O=C(CSc1nnc(-c2ccc(F)cc2)o1)Nc1cccc(Cl)c1N1CCOCC1. The van der Waals surface area contributed by atoms with Crippen molar-refractivity contribution in [2.75, 3.05) is 42.3 Å². The van der Waals surface area contributed by atoms with E-state index in [1.807, 2.05) is 6.07 Å². The van der Waals surface area contributed by atoms with Gasteiger partial charge in [0.25, 0.3) is 5.22 Å². The van der Waals surface area contributed by atoms with E-state index in [1.165, 1.54) is 12.1 Å². The minimum absolute atomic E-state index is 0.0834. The highest BCUT2D eigenvalue weighted by atomic mass is 35.5. The average molecular weight is 449 g/mol. The summed E-state index contributed by atoms with van der Waals surface area (Å²) in [7, 11) is 0. The van der Waals surface area contributed by atoms with Crippen LogP contribution >= 0.6 is 23.4 Å². The number of ether oxygens (including phenoxy) is 1. The molecule has 0 unspecified atom stereocenters. The number of nitrogens with one attached hydrogen (secondary N) is 1. The van der Waals surface area contributed by atoms with Crippen molar-refractivity contribution >= 4 is 40.6 Å². The molecule has 30 heavy (non-hydrogen) atoms. The van der Waals surface area contributed by atoms with Crippen molar-refractivity contribution in [2.45, 2.75) is 5.22 Å². The molecule has 1 fully saturated rings. The molecular weight excluding hydrogens is 431 g/mol. The minimum Gasteiger partial charge on any atom is -0.411 e. The lowest BCUT2D eigenvalue weighted by Crippen LogP contribution is -2.37. The molecule has 1 aliphatic rings. The van der Waals surface area contributed by atoms with E-state index in [9.17, 15) is 9.18 Å². The Bertz CT molecular complexity index is 1030. The van der Waals surface area contributed by atoms with Gasteiger partial charge in [0, 0.05) is 18.7 Å². The third-order valence-corrected chi connectivity index (χ3v) is 5.54. The smallest absolute Gasteiger partial charge is 0.277 e. The van der Waals surface area contributed by atoms with Crippen molar-refractivity contribution in [3.8, 4) is 11.5 Å². The number of anilines is 2. The summed E-state index contributed by atoms with van der Waals surface area (Å²) in [5.41, 5.74) is 2.04. The van der Waals surface area contributed by atoms with Crippen molar-refractivity contribution in [3.63, 3.8) is 0 Å². The van der Waals surface area contributed by atoms with E-state index in [1.54, 1.807) is 24.3 Å². The lowest BCUT2D eigenvalue weighted by Gasteiger charge is -2.31. The molecule has 0 spiro atoms. The van der Waals surface area contributed by atoms with Crippen molar-refractivity contribution in [2.24, 2.45) is 0 Å². The second-order valence-corrected chi connectivity index (χ2v) is 7.79. The molecular formula is C20H18ClFN4O3S. The summed E-state index contributed by atoms with van der Waals surface area (Å²) in [5, 5.41) is 11.6. The first kappa shape index (κ1) is 20.6. The number of para-hydroxylation sites is 1. The molecule has 10 heteroatoms. The van der Waals surface area contributed by atoms with Gasteiger partial charge in [0.2, 0.25) is 11.8 Å². The number of amides is 1. The van der Waals surface area contributed by atoms with Gasteiger partial charge in [-0.2, -0.15) is 0 Å². The summed E-state index contributed by atoms with van der Waals surface area (Å²) < 4.78 is 24.0. The average Bonchev–Trinajstić information content (AvgIpc) is 3.23. The number of hydrogen-bond acceptors (Lipinski definition) is 7. The van der Waals surface area contributed by atoms with Gasteiger partial charge in [0.05, 0.1) is 35.4 Å². The Morgan fingerprint density at radius 3 is 2.70 bits per heavy atom. The van der Waals surface area contributed by atoms with E-state index < -0.39 is 0 Å². The molecule has 0 bridgehead atoms. The number of benzene rings is 2. The Morgan fingerprint density at radius 1 is 1.17 bits per heavy atom. The fourth-order valence-electron chi connectivity index (χ4n) is 3.02. The lowest BCUT2D eigenvalue weighted by molar-refractivity contribution is -0.113. The highest BCUT2D eigenvalue weighted by Crippen LogP contribution is 2.34. The van der Waals surface area contributed by atoms with Crippen LogP contribution in [0, 0.1) is 5.82 Å². The molecule has 156 valence electrons. The summed E-state index contributed by atoms with van der Waals surface area (Å²) in [6, 6.07) is 11.1. The Balaban J connectivity index is 1.39. The van der Waals surface area contributed by atoms with E-state index in [-0.39, 0.29) is 28.6 Å². The largest absolute Gasteiger partial charge is 0.411 e. The summed E-state index contributed by atoms with van der Waals surface area (Å²) in [5.74, 6) is -0.220. The van der Waals surface area contributed by atoms with Crippen LogP contribution in [-0.4, -0.2) is 48.2 Å². The van der Waals surface area contributed by atoms with E-state index >= 15 is 0 Å². The molecule has 3 aromatic rings. The number of carbonyl (C=O) groups is 1. The van der Waals surface area contributed by atoms with Crippen LogP contribution in [0.25, 0.3) is 11.5 Å². The quantitative estimate of drug-likeness (QED) is 0.568. The maximum atomic E-state index is 13.0. The van der Waals surface area contributed by atoms with Crippen molar-refractivity contribution < 1.29 is 18.3 Å². The molecule has 0 radical (unpaired) electrons. The molecule has 0 atom stereocenters. The first-order chi connectivity index (χ1) is 14.6. The number of rotatable bonds is 6. The fourth-order valence-corrected chi connectivity index (χ4v) is 3.87. The van der Waals surface area contributed by atoms with E-state index in [0.29, 0.717) is 42.6 Å². The van der Waals surface area contributed by atoms with Gasteiger partial charge in [-0.3, -0.25) is 4.79 Å². The summed E-state index contributed by atoms with van der Waals surface area (Å²) >= 11 is 7.51. The van der Waals surface area contributed by atoms with E-state index in [2.05, 4.69) is 20.4 Å². The van der Waals surface area contributed by atoms with Gasteiger partial charge in [0.1, 0.15) is 5.82 Å². The third kappa shape index (κ3) is 4.92. The minimum atomic E-state index is -0.345.